The molecule has 0 fully saturated rings. The first-order chi connectivity index (χ1) is 13.7. The molecule has 0 bridgehead atoms. The van der Waals surface area contributed by atoms with Crippen molar-refractivity contribution in [3.05, 3.63) is 104 Å². The summed E-state index contributed by atoms with van der Waals surface area (Å²) in [6, 6.07) is 24.9. The third kappa shape index (κ3) is 3.79. The normalized spacial score (nSPS) is 11.4. The molecule has 1 aromatic heterocycles. The number of hydrogen-bond donors (Lipinski definition) is 0. The highest BCUT2D eigenvalue weighted by Crippen LogP contribution is 2.30. The Morgan fingerprint density at radius 2 is 1.50 bits per heavy atom. The number of hydrogen-bond acceptors (Lipinski definition) is 2. The van der Waals surface area contributed by atoms with Crippen molar-refractivity contribution in [3.8, 4) is 17.1 Å². The van der Waals surface area contributed by atoms with Gasteiger partial charge in [-0.2, -0.15) is 0 Å². The first-order valence-corrected chi connectivity index (χ1v) is 9.39. The van der Waals surface area contributed by atoms with Crippen LogP contribution in [0.2, 0.25) is 0 Å². The number of rotatable bonds is 4. The summed E-state index contributed by atoms with van der Waals surface area (Å²) < 4.78 is 2.16. The number of aromatic nitrogens is 3. The Labute approximate surface area is 166 Å². The fourth-order valence-electron chi connectivity index (χ4n) is 3.11. The van der Waals surface area contributed by atoms with Crippen LogP contribution in [0.1, 0.15) is 25.6 Å². The molecule has 0 amide bonds. The topological polar surface area (TPSA) is 30.7 Å². The molecule has 0 N–H and O–H groups in total. The van der Waals surface area contributed by atoms with Crippen LogP contribution in [0.4, 0.5) is 0 Å². The summed E-state index contributed by atoms with van der Waals surface area (Å²) in [7, 11) is 0. The first-order valence-electron chi connectivity index (χ1n) is 9.39. The van der Waals surface area contributed by atoms with Crippen LogP contribution < -0.4 is 0 Å². The molecular weight excluding hydrogens is 342 g/mol. The van der Waals surface area contributed by atoms with Crippen molar-refractivity contribution in [2.45, 2.75) is 19.8 Å². The Kier molecular flexibility index (Phi) is 6.18. The van der Waals surface area contributed by atoms with E-state index in [1.54, 1.807) is 6.08 Å². The van der Waals surface area contributed by atoms with Crippen molar-refractivity contribution in [1.29, 1.82) is 0 Å². The van der Waals surface area contributed by atoms with Gasteiger partial charge in [-0.25, -0.2) is 0 Å². The van der Waals surface area contributed by atoms with Crippen molar-refractivity contribution < 1.29 is 0 Å². The largest absolute Gasteiger partial charge is 0.278 e. The zero-order valence-electron chi connectivity index (χ0n) is 16.4. The van der Waals surface area contributed by atoms with Crippen molar-refractivity contribution in [3.63, 3.8) is 0 Å². The minimum Gasteiger partial charge on any atom is -0.278 e. The van der Waals surface area contributed by atoms with Gasteiger partial charge in [-0.15, -0.1) is 23.4 Å². The monoisotopic (exact) mass is 367 g/mol. The maximum atomic E-state index is 4.50. The highest BCUT2D eigenvalue weighted by molar-refractivity contribution is 5.90. The lowest BCUT2D eigenvalue weighted by molar-refractivity contribution is 0.808. The molecule has 0 aliphatic rings. The zero-order chi connectivity index (χ0) is 19.9. The van der Waals surface area contributed by atoms with Gasteiger partial charge in [0.1, 0.15) is 5.82 Å². The number of nitrogens with zero attached hydrogens (tertiary/aromatic N) is 3. The molecule has 0 aliphatic heterocycles. The van der Waals surface area contributed by atoms with Gasteiger partial charge in [0.15, 0.2) is 5.82 Å². The lowest BCUT2D eigenvalue weighted by atomic mass is 10.1. The fourth-order valence-corrected chi connectivity index (χ4v) is 3.11. The average molecular weight is 367 g/mol. The molecule has 28 heavy (non-hydrogen) atoms. The van der Waals surface area contributed by atoms with Gasteiger partial charge in [-0.1, -0.05) is 85.8 Å². The van der Waals surface area contributed by atoms with E-state index in [0.29, 0.717) is 0 Å². The van der Waals surface area contributed by atoms with Gasteiger partial charge in [0, 0.05) is 16.9 Å². The molecule has 4 rings (SSSR count). The highest BCUT2D eigenvalue weighted by atomic mass is 15.3. The van der Waals surface area contributed by atoms with E-state index in [0.717, 1.165) is 22.9 Å². The van der Waals surface area contributed by atoms with Crippen molar-refractivity contribution >= 4 is 10.8 Å². The summed E-state index contributed by atoms with van der Waals surface area (Å²) in [5.74, 6) is 1.84. The van der Waals surface area contributed by atoms with Gasteiger partial charge in [-0.05, 0) is 18.4 Å². The molecule has 3 nitrogen and oxygen atoms in total. The summed E-state index contributed by atoms with van der Waals surface area (Å²) in [6.45, 7) is 11.3. The molecule has 0 saturated carbocycles. The molecule has 1 atom stereocenters. The summed E-state index contributed by atoms with van der Waals surface area (Å²) in [4.78, 5) is 0. The Balaban J connectivity index is 0.000000706. The van der Waals surface area contributed by atoms with Gasteiger partial charge in [0.2, 0.25) is 0 Å². The van der Waals surface area contributed by atoms with Crippen LogP contribution in [-0.2, 0) is 0 Å². The van der Waals surface area contributed by atoms with Crippen LogP contribution in [0.3, 0.4) is 0 Å². The predicted octanol–water partition coefficient (Wildman–Crippen LogP) is 6.57. The smallest absolute Gasteiger partial charge is 0.168 e. The molecular formula is C25H25N3. The molecule has 140 valence electrons. The molecule has 3 heteroatoms. The maximum absolute atomic E-state index is 4.50. The van der Waals surface area contributed by atoms with E-state index in [1.807, 2.05) is 31.2 Å². The van der Waals surface area contributed by atoms with E-state index in [-0.39, 0.29) is 5.92 Å². The van der Waals surface area contributed by atoms with Gasteiger partial charge >= 0.3 is 0 Å². The third-order valence-corrected chi connectivity index (χ3v) is 4.49. The number of benzene rings is 3. The first kappa shape index (κ1) is 19.3. The van der Waals surface area contributed by atoms with Crippen molar-refractivity contribution in [2.24, 2.45) is 0 Å². The van der Waals surface area contributed by atoms with E-state index < -0.39 is 0 Å². The lowest BCUT2D eigenvalue weighted by Gasteiger charge is -2.15. The molecule has 0 spiro atoms. The van der Waals surface area contributed by atoms with Gasteiger partial charge in [-0.3, -0.25) is 4.57 Å². The Bertz CT molecular complexity index is 1070. The summed E-state index contributed by atoms with van der Waals surface area (Å²) in [5, 5.41) is 11.4. The van der Waals surface area contributed by atoms with Crippen LogP contribution >= 0.6 is 0 Å². The van der Waals surface area contributed by atoms with Crippen LogP contribution in [0.25, 0.3) is 27.8 Å². The second-order valence-electron chi connectivity index (χ2n) is 6.51. The molecule has 1 unspecified atom stereocenters. The van der Waals surface area contributed by atoms with E-state index in [2.05, 4.69) is 89.4 Å². The Hall–Kier alpha value is -3.46. The molecule has 0 saturated heterocycles. The Morgan fingerprint density at radius 3 is 2.21 bits per heavy atom. The summed E-state index contributed by atoms with van der Waals surface area (Å²) in [5.41, 5.74) is 2.14. The van der Waals surface area contributed by atoms with Crippen LogP contribution in [-0.4, -0.2) is 14.8 Å². The third-order valence-electron chi connectivity index (χ3n) is 4.49. The molecule has 4 aromatic rings. The zero-order valence-corrected chi connectivity index (χ0v) is 16.4. The SMILES string of the molecule is C=CC.C=CC(C)c1nnc(-c2ccccc2)n1-c1cccc2ccccc12. The number of fused-ring (bicyclic) bond motifs is 1. The summed E-state index contributed by atoms with van der Waals surface area (Å²) >= 11 is 0. The predicted molar refractivity (Wildman–Crippen MR) is 119 cm³/mol. The standard InChI is InChI=1S/C22H19N3.C3H6/c1-3-16(2)21-23-24-22(18-11-5-4-6-12-18)25(21)20-15-9-13-17-10-7-8-14-19(17)20;1-3-2/h3-16H,1H2,2H3;3H,1H2,2H3. The summed E-state index contributed by atoms with van der Waals surface area (Å²) in [6.07, 6.45) is 3.65. The number of allylic oxidation sites excluding steroid dienone is 2. The lowest BCUT2D eigenvalue weighted by Crippen LogP contribution is -2.06. The van der Waals surface area contributed by atoms with E-state index in [4.69, 9.17) is 0 Å². The van der Waals surface area contributed by atoms with Gasteiger partial charge in [0.25, 0.3) is 0 Å². The molecule has 0 aliphatic carbocycles. The van der Waals surface area contributed by atoms with Crippen LogP contribution in [0.5, 0.6) is 0 Å². The van der Waals surface area contributed by atoms with E-state index in [9.17, 15) is 0 Å². The van der Waals surface area contributed by atoms with Crippen LogP contribution in [0.15, 0.2) is 98.1 Å². The minimum absolute atomic E-state index is 0.101. The van der Waals surface area contributed by atoms with Gasteiger partial charge < -0.3 is 0 Å². The molecule has 0 radical (unpaired) electrons. The highest BCUT2D eigenvalue weighted by Gasteiger charge is 2.19. The van der Waals surface area contributed by atoms with Crippen LogP contribution in [0, 0.1) is 0 Å². The van der Waals surface area contributed by atoms with E-state index >= 15 is 0 Å². The van der Waals surface area contributed by atoms with Crippen molar-refractivity contribution in [1.82, 2.24) is 14.8 Å². The quantitative estimate of drug-likeness (QED) is 0.382. The van der Waals surface area contributed by atoms with E-state index in [1.165, 1.54) is 10.8 Å². The Morgan fingerprint density at radius 1 is 0.857 bits per heavy atom. The molecule has 1 heterocycles. The van der Waals surface area contributed by atoms with Gasteiger partial charge in [0.05, 0.1) is 5.69 Å². The maximum Gasteiger partial charge on any atom is 0.168 e. The average Bonchev–Trinajstić information content (AvgIpc) is 3.19. The minimum atomic E-state index is 0.101. The second kappa shape index (κ2) is 8.96. The molecule has 3 aromatic carbocycles. The van der Waals surface area contributed by atoms with Crippen molar-refractivity contribution in [2.75, 3.05) is 0 Å². The second-order valence-corrected chi connectivity index (χ2v) is 6.51. The fraction of sp³-hybridized carbons (Fsp3) is 0.120.